The van der Waals surface area contributed by atoms with Gasteiger partial charge in [-0.1, -0.05) is 130 Å². The summed E-state index contributed by atoms with van der Waals surface area (Å²) in [5, 5.41) is 2.68. The molecule has 0 spiro atoms. The van der Waals surface area contributed by atoms with Crippen LogP contribution in [0.2, 0.25) is 0 Å². The van der Waals surface area contributed by atoms with Crippen molar-refractivity contribution < 1.29 is 4.39 Å². The van der Waals surface area contributed by atoms with Gasteiger partial charge in [0, 0.05) is 3.57 Å². The van der Waals surface area contributed by atoms with Gasteiger partial charge in [0.1, 0.15) is 5.82 Å². The molecule has 0 amide bonds. The monoisotopic (exact) mass is 668 g/mol. The molecule has 0 radical (unpaired) electrons. The summed E-state index contributed by atoms with van der Waals surface area (Å²) in [5.74, 6) is -0.115. The molecule has 0 unspecified atom stereocenters. The van der Waals surface area contributed by atoms with Crippen molar-refractivity contribution in [3.05, 3.63) is 115 Å². The predicted octanol–water partition coefficient (Wildman–Crippen LogP) is 12.7. The van der Waals surface area contributed by atoms with Crippen LogP contribution in [0.15, 0.2) is 66.7 Å². The van der Waals surface area contributed by atoms with Gasteiger partial charge in [-0.05, 0) is 123 Å². The van der Waals surface area contributed by atoms with E-state index in [1.165, 1.54) is 44.2 Å². The third kappa shape index (κ3) is 10.5. The van der Waals surface area contributed by atoms with Crippen LogP contribution >= 0.6 is 22.6 Å². The average molecular weight is 669 g/mol. The van der Waals surface area contributed by atoms with Crippen molar-refractivity contribution in [3.8, 4) is 0 Å². The third-order valence-corrected chi connectivity index (χ3v) is 7.99. The summed E-state index contributed by atoms with van der Waals surface area (Å²) in [4.78, 5) is 0. The van der Waals surface area contributed by atoms with Crippen molar-refractivity contribution in [2.75, 3.05) is 0 Å². The molecule has 0 N–H and O–H groups in total. The fourth-order valence-corrected chi connectivity index (χ4v) is 5.89. The number of rotatable bonds is 0. The van der Waals surface area contributed by atoms with E-state index in [0.717, 1.165) is 5.56 Å². The molecule has 0 aliphatic rings. The largest absolute Gasteiger partial charge is 0.206 e. The first-order valence-corrected chi connectivity index (χ1v) is 15.3. The fourth-order valence-electron chi connectivity index (χ4n) is 5.27. The van der Waals surface area contributed by atoms with Gasteiger partial charge in [-0.15, -0.1) is 0 Å². The lowest BCUT2D eigenvalue weighted by Crippen LogP contribution is -2.13. The summed E-state index contributed by atoms with van der Waals surface area (Å²) in [6.45, 7) is 28.4. The van der Waals surface area contributed by atoms with E-state index in [-0.39, 0.29) is 29.5 Å². The van der Waals surface area contributed by atoms with E-state index in [9.17, 15) is 4.39 Å². The highest BCUT2D eigenvalue weighted by Gasteiger charge is 2.18. The summed E-state index contributed by atoms with van der Waals surface area (Å²) < 4.78 is 14.0. The molecule has 0 bridgehead atoms. The molecule has 0 aromatic heterocycles. The zero-order chi connectivity index (χ0) is 30.6. The molecular weight excluding hydrogens is 614 g/mol. The van der Waals surface area contributed by atoms with Crippen LogP contribution < -0.4 is 0 Å². The van der Waals surface area contributed by atoms with Gasteiger partial charge in [-0.25, -0.2) is 4.39 Å². The predicted molar refractivity (Wildman–Crippen MR) is 191 cm³/mol. The quantitative estimate of drug-likeness (QED) is 0.164. The molecule has 0 atom stereocenters. The Morgan fingerprint density at radius 2 is 0.927 bits per heavy atom. The average Bonchev–Trinajstić information content (AvgIpc) is 2.79. The van der Waals surface area contributed by atoms with Crippen LogP contribution in [0.25, 0.3) is 10.8 Å². The second-order valence-electron chi connectivity index (χ2n) is 14.2. The Kier molecular flexibility index (Phi) is 12.9. The van der Waals surface area contributed by atoms with E-state index in [1.807, 2.05) is 35.6 Å². The van der Waals surface area contributed by atoms with Gasteiger partial charge in [0.15, 0.2) is 0 Å². The Bertz CT molecular complexity index is 1440. The van der Waals surface area contributed by atoms with Crippen molar-refractivity contribution in [2.24, 2.45) is 0 Å². The Morgan fingerprint density at radius 3 is 1.39 bits per heavy atom. The van der Waals surface area contributed by atoms with Gasteiger partial charge >= 0.3 is 0 Å². The Morgan fingerprint density at radius 1 is 0.512 bits per heavy atom. The molecule has 2 heteroatoms. The smallest absolute Gasteiger partial charge is 0.136 e. The molecular formula is C39H54FI. The van der Waals surface area contributed by atoms with Crippen LogP contribution in [-0.2, 0) is 16.2 Å². The van der Waals surface area contributed by atoms with Gasteiger partial charge in [0.05, 0.1) is 0 Å². The van der Waals surface area contributed by atoms with Crippen molar-refractivity contribution >= 4 is 33.4 Å². The lowest BCUT2D eigenvalue weighted by Gasteiger charge is -2.22. The van der Waals surface area contributed by atoms with Gasteiger partial charge in [0.25, 0.3) is 0 Å². The van der Waals surface area contributed by atoms with Crippen LogP contribution in [0.1, 0.15) is 109 Å². The highest BCUT2D eigenvalue weighted by molar-refractivity contribution is 14.1. The molecule has 0 heterocycles. The number of fused-ring (bicyclic) bond motifs is 1. The van der Waals surface area contributed by atoms with Crippen LogP contribution in [0.5, 0.6) is 0 Å². The minimum absolute atomic E-state index is 0. The van der Waals surface area contributed by atoms with E-state index >= 15 is 0 Å². The zero-order valence-electron chi connectivity index (χ0n) is 27.1. The molecule has 41 heavy (non-hydrogen) atoms. The van der Waals surface area contributed by atoms with Gasteiger partial charge in [-0.3, -0.25) is 0 Å². The second kappa shape index (κ2) is 14.3. The van der Waals surface area contributed by atoms with E-state index < -0.39 is 0 Å². The molecule has 0 aliphatic heterocycles. The van der Waals surface area contributed by atoms with Crippen LogP contribution in [0.4, 0.5) is 4.39 Å². The first-order valence-electron chi connectivity index (χ1n) is 14.3. The molecule has 4 rings (SSSR count). The van der Waals surface area contributed by atoms with Crippen molar-refractivity contribution in [3.63, 3.8) is 0 Å². The standard InChI is InChI=1S/C15H18.C12H18.C11H14FI.CH4/c1-11-9-12-7-5-6-8-13(12)10-14(11)15(2,3)4;1-9-6-7-11(10(2)8-9)12(3,4)5;1-7-5-10(13)9(12)6-8(7)11(2,3)4;/h5-10H,1-4H3;6-8H,1-5H3;5-6H,1-4H3;1H4. The summed E-state index contributed by atoms with van der Waals surface area (Å²) >= 11 is 2.02. The topological polar surface area (TPSA) is 0 Å². The SMILES string of the molecule is C.Cc1cc(I)c(F)cc1C(C)(C)C.Cc1cc2ccccc2cc1C(C)(C)C.Cc1ccc(C(C)(C)C)c(C)c1. The van der Waals surface area contributed by atoms with Gasteiger partial charge in [0.2, 0.25) is 0 Å². The van der Waals surface area contributed by atoms with Crippen LogP contribution in [0.3, 0.4) is 0 Å². The number of hydrogen-bond acceptors (Lipinski definition) is 0. The summed E-state index contributed by atoms with van der Waals surface area (Å²) in [6.07, 6.45) is 0. The Balaban J connectivity index is 0.000000306. The molecule has 0 saturated heterocycles. The number of benzene rings is 4. The highest BCUT2D eigenvalue weighted by atomic mass is 127. The first kappa shape index (κ1) is 36.8. The molecule has 0 saturated carbocycles. The molecule has 0 aliphatic carbocycles. The zero-order valence-corrected chi connectivity index (χ0v) is 29.3. The number of aryl methyl sites for hydroxylation is 4. The maximum Gasteiger partial charge on any atom is 0.136 e. The van der Waals surface area contributed by atoms with E-state index in [0.29, 0.717) is 3.57 Å². The maximum absolute atomic E-state index is 13.3. The second-order valence-corrected chi connectivity index (χ2v) is 15.3. The number of halogens is 2. The van der Waals surface area contributed by atoms with E-state index in [2.05, 4.69) is 138 Å². The summed E-state index contributed by atoms with van der Waals surface area (Å²) in [6, 6.07) is 23.4. The van der Waals surface area contributed by atoms with Crippen molar-refractivity contribution in [1.29, 1.82) is 0 Å². The Labute approximate surface area is 265 Å². The highest BCUT2D eigenvalue weighted by Crippen LogP contribution is 2.30. The van der Waals surface area contributed by atoms with Crippen molar-refractivity contribution in [2.45, 2.75) is 114 Å². The van der Waals surface area contributed by atoms with Crippen molar-refractivity contribution in [1.82, 2.24) is 0 Å². The normalized spacial score (nSPS) is 11.6. The molecule has 0 fully saturated rings. The lowest BCUT2D eigenvalue weighted by molar-refractivity contribution is 0.565. The van der Waals surface area contributed by atoms with E-state index in [4.69, 9.17) is 0 Å². The summed E-state index contributed by atoms with van der Waals surface area (Å²) in [5.41, 5.74) is 9.82. The fraction of sp³-hybridized carbons (Fsp3) is 0.436. The molecule has 4 aromatic rings. The van der Waals surface area contributed by atoms with Gasteiger partial charge in [-0.2, -0.15) is 0 Å². The van der Waals surface area contributed by atoms with Crippen LogP contribution in [0, 0.1) is 37.1 Å². The third-order valence-electron chi connectivity index (χ3n) is 7.17. The van der Waals surface area contributed by atoms with Gasteiger partial charge < -0.3 is 0 Å². The molecule has 4 aromatic carbocycles. The number of hydrogen-bond donors (Lipinski definition) is 0. The molecule has 224 valence electrons. The summed E-state index contributed by atoms with van der Waals surface area (Å²) in [7, 11) is 0. The minimum Gasteiger partial charge on any atom is -0.206 e. The molecule has 0 nitrogen and oxygen atoms in total. The van der Waals surface area contributed by atoms with Crippen LogP contribution in [-0.4, -0.2) is 0 Å². The van der Waals surface area contributed by atoms with E-state index in [1.54, 1.807) is 6.07 Å². The maximum atomic E-state index is 13.3. The first-order chi connectivity index (χ1) is 18.2. The Hall–Kier alpha value is -2.20. The minimum atomic E-state index is -0.115. The lowest BCUT2D eigenvalue weighted by atomic mass is 9.83.